The highest BCUT2D eigenvalue weighted by Crippen LogP contribution is 2.35. The summed E-state index contributed by atoms with van der Waals surface area (Å²) in [7, 11) is 1.97. The van der Waals surface area contributed by atoms with Crippen molar-refractivity contribution in [2.75, 3.05) is 26.8 Å². The number of aromatic nitrogens is 1. The molecule has 0 unspecified atom stereocenters. The maximum Gasteiger partial charge on any atom is 0.163 e. The molecule has 0 saturated carbocycles. The van der Waals surface area contributed by atoms with Crippen molar-refractivity contribution < 1.29 is 9.47 Å². The summed E-state index contributed by atoms with van der Waals surface area (Å²) in [5.74, 6) is 1.69. The molecule has 0 atom stereocenters. The van der Waals surface area contributed by atoms with Crippen LogP contribution in [0.1, 0.15) is 5.56 Å². The summed E-state index contributed by atoms with van der Waals surface area (Å²) < 4.78 is 11.2. The molecule has 0 saturated heterocycles. The first-order valence-corrected chi connectivity index (χ1v) is 5.92. The number of fused-ring (bicyclic) bond motifs is 2. The topological polar surface area (TPSA) is 46.3 Å². The molecular formula is C13H16N2O2. The lowest BCUT2D eigenvalue weighted by molar-refractivity contribution is 0.172. The van der Waals surface area contributed by atoms with Crippen LogP contribution in [0.15, 0.2) is 18.3 Å². The molecule has 1 aliphatic heterocycles. The summed E-state index contributed by atoms with van der Waals surface area (Å²) >= 11 is 0. The van der Waals surface area contributed by atoms with Crippen molar-refractivity contribution >= 4 is 10.9 Å². The van der Waals surface area contributed by atoms with Gasteiger partial charge in [0, 0.05) is 23.2 Å². The van der Waals surface area contributed by atoms with Crippen LogP contribution in [0, 0.1) is 0 Å². The van der Waals surface area contributed by atoms with Crippen molar-refractivity contribution in [2.45, 2.75) is 6.42 Å². The fraction of sp³-hybridized carbons (Fsp3) is 0.385. The van der Waals surface area contributed by atoms with Crippen LogP contribution in [-0.2, 0) is 6.42 Å². The molecule has 4 heteroatoms. The molecule has 2 heterocycles. The summed E-state index contributed by atoms with van der Waals surface area (Å²) in [5.41, 5.74) is 2.42. The van der Waals surface area contributed by atoms with Crippen LogP contribution in [0.3, 0.4) is 0 Å². The van der Waals surface area contributed by atoms with E-state index in [1.54, 1.807) is 0 Å². The average Bonchev–Trinajstić information content (AvgIpc) is 2.76. The van der Waals surface area contributed by atoms with Gasteiger partial charge in [-0.05, 0) is 31.6 Å². The molecule has 1 aromatic carbocycles. The molecule has 90 valence electrons. The van der Waals surface area contributed by atoms with E-state index < -0.39 is 0 Å². The fourth-order valence-electron chi connectivity index (χ4n) is 2.18. The zero-order valence-electron chi connectivity index (χ0n) is 9.88. The van der Waals surface area contributed by atoms with Gasteiger partial charge in [-0.15, -0.1) is 0 Å². The minimum atomic E-state index is 0.631. The normalized spacial score (nSPS) is 14.2. The van der Waals surface area contributed by atoms with Gasteiger partial charge in [-0.1, -0.05) is 0 Å². The molecule has 3 rings (SSSR count). The van der Waals surface area contributed by atoms with Crippen LogP contribution in [-0.4, -0.2) is 31.8 Å². The molecule has 0 amide bonds. The standard InChI is InChI=1S/C13H16N2O2/c1-14-3-2-9-8-15-11-7-13-12(6-10(9)11)16-4-5-17-13/h6-8,14-15H,2-5H2,1H3. The Bertz CT molecular complexity index is 533. The number of hydrogen-bond acceptors (Lipinski definition) is 3. The number of H-pyrrole nitrogens is 1. The first kappa shape index (κ1) is 10.5. The third-order valence-electron chi connectivity index (χ3n) is 3.07. The van der Waals surface area contributed by atoms with Crippen LogP contribution in [0.4, 0.5) is 0 Å². The Morgan fingerprint density at radius 3 is 2.76 bits per heavy atom. The Balaban J connectivity index is 2.03. The van der Waals surface area contributed by atoms with Crippen molar-refractivity contribution in [1.29, 1.82) is 0 Å². The summed E-state index contributed by atoms with van der Waals surface area (Å²) in [6.45, 7) is 2.24. The highest BCUT2D eigenvalue weighted by atomic mass is 16.6. The van der Waals surface area contributed by atoms with Gasteiger partial charge in [0.25, 0.3) is 0 Å². The molecule has 2 aromatic rings. The monoisotopic (exact) mass is 232 g/mol. The molecule has 4 nitrogen and oxygen atoms in total. The van der Waals surface area contributed by atoms with Crippen LogP contribution >= 0.6 is 0 Å². The largest absolute Gasteiger partial charge is 0.486 e. The van der Waals surface area contributed by atoms with Gasteiger partial charge in [-0.2, -0.15) is 0 Å². The third-order valence-corrected chi connectivity index (χ3v) is 3.07. The van der Waals surface area contributed by atoms with E-state index >= 15 is 0 Å². The average molecular weight is 232 g/mol. The van der Waals surface area contributed by atoms with E-state index in [0.717, 1.165) is 30.0 Å². The molecule has 2 N–H and O–H groups in total. The van der Waals surface area contributed by atoms with E-state index in [-0.39, 0.29) is 0 Å². The minimum Gasteiger partial charge on any atom is -0.486 e. The number of benzene rings is 1. The quantitative estimate of drug-likeness (QED) is 0.846. The Morgan fingerprint density at radius 1 is 1.24 bits per heavy atom. The van der Waals surface area contributed by atoms with Gasteiger partial charge in [0.15, 0.2) is 11.5 Å². The van der Waals surface area contributed by atoms with Gasteiger partial charge in [0.05, 0.1) is 0 Å². The van der Waals surface area contributed by atoms with Gasteiger partial charge < -0.3 is 19.8 Å². The van der Waals surface area contributed by atoms with Crippen molar-refractivity contribution in [3.05, 3.63) is 23.9 Å². The van der Waals surface area contributed by atoms with Gasteiger partial charge in [0.2, 0.25) is 0 Å². The van der Waals surface area contributed by atoms with E-state index in [1.807, 2.05) is 13.1 Å². The number of likely N-dealkylation sites (N-methyl/N-ethyl adjacent to an activating group) is 1. The van der Waals surface area contributed by atoms with E-state index in [9.17, 15) is 0 Å². The van der Waals surface area contributed by atoms with E-state index in [4.69, 9.17) is 9.47 Å². The maximum atomic E-state index is 5.61. The zero-order chi connectivity index (χ0) is 11.7. The number of rotatable bonds is 3. The first-order chi connectivity index (χ1) is 8.38. The lowest BCUT2D eigenvalue weighted by Crippen LogP contribution is -2.15. The molecule has 0 bridgehead atoms. The van der Waals surface area contributed by atoms with Crippen molar-refractivity contribution in [2.24, 2.45) is 0 Å². The summed E-state index contributed by atoms with van der Waals surface area (Å²) in [6.07, 6.45) is 3.07. The summed E-state index contributed by atoms with van der Waals surface area (Å²) in [5, 5.41) is 4.39. The van der Waals surface area contributed by atoms with Crippen molar-refractivity contribution in [3.8, 4) is 11.5 Å². The Morgan fingerprint density at radius 2 is 2.00 bits per heavy atom. The van der Waals surface area contributed by atoms with Crippen LogP contribution in [0.2, 0.25) is 0 Å². The molecule has 1 aromatic heterocycles. The van der Waals surface area contributed by atoms with E-state index in [0.29, 0.717) is 13.2 Å². The number of ether oxygens (including phenoxy) is 2. The zero-order valence-corrected chi connectivity index (χ0v) is 9.88. The third kappa shape index (κ3) is 1.85. The number of hydrogen-bond donors (Lipinski definition) is 2. The second-order valence-electron chi connectivity index (χ2n) is 4.21. The lowest BCUT2D eigenvalue weighted by atomic mass is 10.1. The van der Waals surface area contributed by atoms with Gasteiger partial charge in [0.1, 0.15) is 13.2 Å². The smallest absolute Gasteiger partial charge is 0.163 e. The van der Waals surface area contributed by atoms with E-state index in [1.165, 1.54) is 10.9 Å². The molecule has 0 aliphatic carbocycles. The number of nitrogens with one attached hydrogen (secondary N) is 2. The van der Waals surface area contributed by atoms with Crippen LogP contribution in [0.5, 0.6) is 11.5 Å². The minimum absolute atomic E-state index is 0.631. The summed E-state index contributed by atoms with van der Waals surface area (Å²) in [6, 6.07) is 4.10. The van der Waals surface area contributed by atoms with Gasteiger partial charge in [-0.3, -0.25) is 0 Å². The second-order valence-corrected chi connectivity index (χ2v) is 4.21. The van der Waals surface area contributed by atoms with Gasteiger partial charge >= 0.3 is 0 Å². The highest BCUT2D eigenvalue weighted by molar-refractivity contribution is 5.86. The molecular weight excluding hydrogens is 216 g/mol. The Hall–Kier alpha value is -1.68. The maximum absolute atomic E-state index is 5.61. The first-order valence-electron chi connectivity index (χ1n) is 5.92. The molecule has 0 fully saturated rings. The Labute approximate surface area is 99.9 Å². The molecule has 1 aliphatic rings. The summed E-state index contributed by atoms with van der Waals surface area (Å²) in [4.78, 5) is 3.28. The predicted molar refractivity (Wildman–Crippen MR) is 66.9 cm³/mol. The highest BCUT2D eigenvalue weighted by Gasteiger charge is 2.14. The number of aromatic amines is 1. The van der Waals surface area contributed by atoms with Crippen LogP contribution < -0.4 is 14.8 Å². The molecule has 0 radical (unpaired) electrons. The molecule has 17 heavy (non-hydrogen) atoms. The predicted octanol–water partition coefficient (Wildman–Crippen LogP) is 1.70. The lowest BCUT2D eigenvalue weighted by Gasteiger charge is -2.18. The second kappa shape index (κ2) is 4.30. The van der Waals surface area contributed by atoms with Crippen molar-refractivity contribution in [1.82, 2.24) is 10.3 Å². The van der Waals surface area contributed by atoms with Crippen molar-refractivity contribution in [3.63, 3.8) is 0 Å². The fourth-order valence-corrected chi connectivity index (χ4v) is 2.18. The molecule has 0 spiro atoms. The van der Waals surface area contributed by atoms with Crippen LogP contribution in [0.25, 0.3) is 10.9 Å². The SMILES string of the molecule is CNCCc1c[nH]c2cc3c(cc12)OCCO3. The Kier molecular flexibility index (Phi) is 2.65. The van der Waals surface area contributed by atoms with Gasteiger partial charge in [-0.25, -0.2) is 0 Å². The van der Waals surface area contributed by atoms with E-state index in [2.05, 4.69) is 22.6 Å².